The molecule has 0 saturated heterocycles. The molecule has 1 aromatic rings. The number of amides is 1. The third-order valence-electron chi connectivity index (χ3n) is 5.00. The number of rotatable bonds is 12. The van der Waals surface area contributed by atoms with Crippen molar-refractivity contribution < 1.29 is 9.53 Å². The molecule has 156 valence electrons. The van der Waals surface area contributed by atoms with Crippen molar-refractivity contribution in [2.75, 3.05) is 20.2 Å². The molecule has 1 atom stereocenters. The maximum Gasteiger partial charge on any atom is 0.258 e. The Morgan fingerprint density at radius 3 is 2.79 bits per heavy atom. The number of unbranched alkanes of at least 4 members (excludes halogenated alkanes) is 1. The molecule has 0 aliphatic heterocycles. The van der Waals surface area contributed by atoms with Crippen LogP contribution in [0.5, 0.6) is 5.75 Å². The van der Waals surface area contributed by atoms with E-state index in [4.69, 9.17) is 4.74 Å². The van der Waals surface area contributed by atoms with Gasteiger partial charge in [-0.3, -0.25) is 9.79 Å². The Morgan fingerprint density at radius 1 is 1.29 bits per heavy atom. The Bertz CT molecular complexity index is 629. The van der Waals surface area contributed by atoms with E-state index in [1.54, 1.807) is 7.05 Å². The Hall–Kier alpha value is -2.24. The summed E-state index contributed by atoms with van der Waals surface area (Å²) in [5.41, 5.74) is 1.08. The number of benzene rings is 1. The molecule has 0 bridgehead atoms. The van der Waals surface area contributed by atoms with Crippen LogP contribution in [0.3, 0.4) is 0 Å². The first-order valence-electron chi connectivity index (χ1n) is 10.6. The predicted octanol–water partition coefficient (Wildman–Crippen LogP) is 3.23. The van der Waals surface area contributed by atoms with E-state index in [9.17, 15) is 4.79 Å². The van der Waals surface area contributed by atoms with Crippen molar-refractivity contribution in [3.8, 4) is 5.75 Å². The molecule has 1 aromatic carbocycles. The first kappa shape index (κ1) is 22.1. The normalized spacial score (nSPS) is 15.0. The van der Waals surface area contributed by atoms with Crippen LogP contribution in [0.15, 0.2) is 29.3 Å². The molecular formula is C22H36N4O2. The summed E-state index contributed by atoms with van der Waals surface area (Å²) in [6.45, 7) is 6.13. The highest BCUT2D eigenvalue weighted by atomic mass is 16.5. The lowest BCUT2D eigenvalue weighted by Gasteiger charge is -2.18. The highest BCUT2D eigenvalue weighted by Crippen LogP contribution is 2.18. The van der Waals surface area contributed by atoms with E-state index in [0.717, 1.165) is 30.9 Å². The lowest BCUT2D eigenvalue weighted by atomic mass is 9.99. The van der Waals surface area contributed by atoms with E-state index >= 15 is 0 Å². The van der Waals surface area contributed by atoms with Crippen molar-refractivity contribution >= 4 is 11.9 Å². The Labute approximate surface area is 169 Å². The number of nitrogens with zero attached hydrogens (tertiary/aromatic N) is 1. The average molecular weight is 389 g/mol. The highest BCUT2D eigenvalue weighted by Gasteiger charge is 2.23. The van der Waals surface area contributed by atoms with Gasteiger partial charge in [0, 0.05) is 26.2 Å². The van der Waals surface area contributed by atoms with E-state index in [-0.39, 0.29) is 12.5 Å². The number of hydrogen-bond acceptors (Lipinski definition) is 3. The average Bonchev–Trinajstić information content (AvgIpc) is 3.53. The Kier molecular flexibility index (Phi) is 9.66. The summed E-state index contributed by atoms with van der Waals surface area (Å²) in [6.07, 6.45) is 7.12. The van der Waals surface area contributed by atoms with Crippen LogP contribution in [0, 0.1) is 5.92 Å². The Balaban J connectivity index is 1.74. The topological polar surface area (TPSA) is 74.8 Å². The second-order valence-electron chi connectivity index (χ2n) is 7.50. The third-order valence-corrected chi connectivity index (χ3v) is 5.00. The molecule has 1 fully saturated rings. The van der Waals surface area contributed by atoms with Crippen molar-refractivity contribution in [1.29, 1.82) is 0 Å². The lowest BCUT2D eigenvalue weighted by molar-refractivity contribution is -0.123. The quantitative estimate of drug-likeness (QED) is 0.380. The van der Waals surface area contributed by atoms with E-state index < -0.39 is 0 Å². The van der Waals surface area contributed by atoms with Gasteiger partial charge in [0.05, 0.1) is 0 Å². The lowest BCUT2D eigenvalue weighted by Crippen LogP contribution is -2.39. The van der Waals surface area contributed by atoms with Crippen LogP contribution >= 0.6 is 0 Å². The van der Waals surface area contributed by atoms with Crippen LogP contribution < -0.4 is 20.7 Å². The van der Waals surface area contributed by atoms with Crippen LogP contribution in [0.1, 0.15) is 57.9 Å². The van der Waals surface area contributed by atoms with Crippen molar-refractivity contribution in [2.45, 2.75) is 65.0 Å². The molecule has 1 unspecified atom stereocenters. The molecule has 6 nitrogen and oxygen atoms in total. The number of carbonyl (C=O) groups is 1. The molecule has 1 saturated carbocycles. The summed E-state index contributed by atoms with van der Waals surface area (Å²) < 4.78 is 5.62. The maximum absolute atomic E-state index is 11.8. The zero-order valence-corrected chi connectivity index (χ0v) is 17.6. The van der Waals surface area contributed by atoms with Gasteiger partial charge in [0.25, 0.3) is 5.91 Å². The second-order valence-corrected chi connectivity index (χ2v) is 7.50. The number of ether oxygens (including phenoxy) is 1. The van der Waals surface area contributed by atoms with Crippen LogP contribution in [0.2, 0.25) is 0 Å². The van der Waals surface area contributed by atoms with E-state index in [2.05, 4.69) is 34.8 Å². The van der Waals surface area contributed by atoms with Crippen LogP contribution in [-0.2, 0) is 11.3 Å². The number of guanidine groups is 1. The van der Waals surface area contributed by atoms with E-state index in [0.29, 0.717) is 24.3 Å². The van der Waals surface area contributed by atoms with Gasteiger partial charge >= 0.3 is 0 Å². The summed E-state index contributed by atoms with van der Waals surface area (Å²) >= 11 is 0. The summed E-state index contributed by atoms with van der Waals surface area (Å²) in [6, 6.07) is 8.17. The number of nitrogens with one attached hydrogen (secondary N) is 3. The smallest absolute Gasteiger partial charge is 0.258 e. The zero-order chi connectivity index (χ0) is 20.2. The molecule has 6 heteroatoms. The number of hydrogen-bond donors (Lipinski definition) is 3. The van der Waals surface area contributed by atoms with Crippen molar-refractivity contribution in [3.63, 3.8) is 0 Å². The molecule has 0 radical (unpaired) electrons. The number of carbonyl (C=O) groups excluding carboxylic acids is 1. The van der Waals surface area contributed by atoms with E-state index in [1.165, 1.54) is 25.7 Å². The molecule has 0 heterocycles. The SMILES string of the molecule is CCCCC(CC)CNC(=NC)NCc1cccc(OCC(=O)NC2CC2)c1. The van der Waals surface area contributed by atoms with Gasteiger partial charge in [-0.05, 0) is 42.9 Å². The molecule has 3 N–H and O–H groups in total. The highest BCUT2D eigenvalue weighted by molar-refractivity contribution is 5.79. The zero-order valence-electron chi connectivity index (χ0n) is 17.6. The van der Waals surface area contributed by atoms with Crippen molar-refractivity contribution in [1.82, 2.24) is 16.0 Å². The summed E-state index contributed by atoms with van der Waals surface area (Å²) in [4.78, 5) is 16.1. The molecule has 1 aliphatic carbocycles. The minimum atomic E-state index is -0.0517. The number of aliphatic imine (C=N–C) groups is 1. The minimum Gasteiger partial charge on any atom is -0.484 e. The standard InChI is InChI=1S/C22H36N4O2/c1-4-6-8-17(5-2)14-24-22(23-3)25-15-18-9-7-10-20(13-18)28-16-21(27)26-19-11-12-19/h7,9-10,13,17,19H,4-6,8,11-12,14-16H2,1-3H3,(H,26,27)(H2,23,24,25). The monoisotopic (exact) mass is 388 g/mol. The molecule has 1 amide bonds. The fourth-order valence-electron chi connectivity index (χ4n) is 2.98. The largest absolute Gasteiger partial charge is 0.484 e. The van der Waals surface area contributed by atoms with Gasteiger partial charge in [-0.2, -0.15) is 0 Å². The van der Waals surface area contributed by atoms with Gasteiger partial charge < -0.3 is 20.7 Å². The Morgan fingerprint density at radius 2 is 2.11 bits per heavy atom. The summed E-state index contributed by atoms with van der Waals surface area (Å²) in [5, 5.41) is 9.71. The van der Waals surface area contributed by atoms with Crippen LogP contribution in [-0.4, -0.2) is 38.1 Å². The van der Waals surface area contributed by atoms with E-state index in [1.807, 2.05) is 24.3 Å². The third kappa shape index (κ3) is 8.63. The molecule has 2 rings (SSSR count). The molecule has 0 aromatic heterocycles. The van der Waals surface area contributed by atoms with Crippen LogP contribution in [0.4, 0.5) is 0 Å². The molecular weight excluding hydrogens is 352 g/mol. The predicted molar refractivity (Wildman–Crippen MR) is 115 cm³/mol. The maximum atomic E-state index is 11.8. The van der Waals surface area contributed by atoms with Crippen molar-refractivity contribution in [3.05, 3.63) is 29.8 Å². The first-order valence-corrected chi connectivity index (χ1v) is 10.6. The summed E-state index contributed by atoms with van der Waals surface area (Å²) in [7, 11) is 1.79. The molecule has 0 spiro atoms. The first-order chi connectivity index (χ1) is 13.6. The van der Waals surface area contributed by atoms with Gasteiger partial charge in [-0.15, -0.1) is 0 Å². The molecule has 1 aliphatic rings. The van der Waals surface area contributed by atoms with Crippen LogP contribution in [0.25, 0.3) is 0 Å². The van der Waals surface area contributed by atoms with Gasteiger partial charge in [0.2, 0.25) is 0 Å². The minimum absolute atomic E-state index is 0.0517. The fraction of sp³-hybridized carbons (Fsp3) is 0.636. The van der Waals surface area contributed by atoms with Gasteiger partial charge in [0.1, 0.15) is 5.75 Å². The van der Waals surface area contributed by atoms with Gasteiger partial charge in [0.15, 0.2) is 12.6 Å². The van der Waals surface area contributed by atoms with Crippen molar-refractivity contribution in [2.24, 2.45) is 10.9 Å². The summed E-state index contributed by atoms with van der Waals surface area (Å²) in [5.74, 6) is 2.14. The van der Waals surface area contributed by atoms with Gasteiger partial charge in [-0.1, -0.05) is 45.2 Å². The fourth-order valence-corrected chi connectivity index (χ4v) is 2.98. The second kappa shape index (κ2) is 12.3. The van der Waals surface area contributed by atoms with Gasteiger partial charge in [-0.25, -0.2) is 0 Å². The molecule has 28 heavy (non-hydrogen) atoms.